The van der Waals surface area contributed by atoms with Gasteiger partial charge in [0.05, 0.1) is 40.1 Å². The Hall–Kier alpha value is -2.87. The fraction of sp³-hybridized carbons (Fsp3) is 0.278. The van der Waals surface area contributed by atoms with Gasteiger partial charge in [0.15, 0.2) is 0 Å². The van der Waals surface area contributed by atoms with Gasteiger partial charge < -0.3 is 16.0 Å². The molecule has 0 radical (unpaired) electrons. The Kier molecular flexibility index (Phi) is 4.94. The van der Waals surface area contributed by atoms with Crippen molar-refractivity contribution in [1.29, 1.82) is 0 Å². The molecule has 3 N–H and O–H groups in total. The van der Waals surface area contributed by atoms with Crippen molar-refractivity contribution < 1.29 is 4.79 Å². The monoisotopic (exact) mass is 370 g/mol. The molecule has 7 nitrogen and oxygen atoms in total. The van der Waals surface area contributed by atoms with Crippen molar-refractivity contribution in [3.05, 3.63) is 63.7 Å². The van der Waals surface area contributed by atoms with E-state index in [1.165, 1.54) is 0 Å². The van der Waals surface area contributed by atoms with Crippen LogP contribution in [0.4, 0.5) is 4.79 Å². The molecule has 136 valence electrons. The second kappa shape index (κ2) is 7.17. The van der Waals surface area contributed by atoms with Gasteiger partial charge in [-0.1, -0.05) is 12.7 Å². The normalized spacial score (nSPS) is 14.5. The Balaban J connectivity index is 1.58. The van der Waals surface area contributed by atoms with Crippen LogP contribution in [-0.2, 0) is 20.1 Å². The lowest BCUT2D eigenvalue weighted by Crippen LogP contribution is -2.37. The van der Waals surface area contributed by atoms with Gasteiger partial charge in [-0.15, -0.1) is 11.3 Å². The maximum absolute atomic E-state index is 12.4. The quantitative estimate of drug-likeness (QED) is 0.810. The number of hydrogen-bond donors (Lipinski definition) is 2. The Morgan fingerprint density at radius 1 is 1.42 bits per heavy atom. The summed E-state index contributed by atoms with van der Waals surface area (Å²) in [5, 5.41) is 8.11. The molecule has 26 heavy (non-hydrogen) atoms. The first-order chi connectivity index (χ1) is 12.3. The van der Waals surface area contributed by atoms with E-state index in [0.717, 1.165) is 26.7 Å². The van der Waals surface area contributed by atoms with Gasteiger partial charge >= 0.3 is 6.03 Å². The molecular weight excluding hydrogens is 348 g/mol. The lowest BCUT2D eigenvalue weighted by atomic mass is 10.2. The van der Waals surface area contributed by atoms with Crippen LogP contribution in [0.25, 0.3) is 5.57 Å². The van der Waals surface area contributed by atoms with Gasteiger partial charge in [-0.25, -0.2) is 9.78 Å². The summed E-state index contributed by atoms with van der Waals surface area (Å²) in [5.41, 5.74) is 9.87. The largest absolute Gasteiger partial charge is 0.397 e. The topological polar surface area (TPSA) is 89.1 Å². The molecule has 0 fully saturated rings. The van der Waals surface area contributed by atoms with Crippen molar-refractivity contribution in [2.24, 2.45) is 12.8 Å². The highest BCUT2D eigenvalue weighted by molar-refractivity contribution is 7.12. The van der Waals surface area contributed by atoms with Crippen LogP contribution in [0.1, 0.15) is 28.1 Å². The summed E-state index contributed by atoms with van der Waals surface area (Å²) in [5.74, 6) is 0. The number of allylic oxidation sites excluding steroid dienone is 3. The minimum absolute atomic E-state index is 0.231. The number of nitrogens with two attached hydrogens (primary N) is 1. The predicted octanol–water partition coefficient (Wildman–Crippen LogP) is 2.67. The summed E-state index contributed by atoms with van der Waals surface area (Å²) in [6.07, 6.45) is 7.41. The molecule has 0 saturated carbocycles. The van der Waals surface area contributed by atoms with E-state index < -0.39 is 0 Å². The number of nitrogens with one attached hydrogen (secondary N) is 1. The van der Waals surface area contributed by atoms with Crippen molar-refractivity contribution in [1.82, 2.24) is 25.0 Å². The van der Waals surface area contributed by atoms with Crippen LogP contribution in [-0.4, -0.2) is 25.7 Å². The summed E-state index contributed by atoms with van der Waals surface area (Å²) in [7, 11) is 1.87. The predicted molar refractivity (Wildman–Crippen MR) is 103 cm³/mol. The molecule has 0 unspecified atom stereocenters. The van der Waals surface area contributed by atoms with Crippen molar-refractivity contribution in [3.8, 4) is 0 Å². The van der Waals surface area contributed by atoms with Crippen LogP contribution >= 0.6 is 11.3 Å². The van der Waals surface area contributed by atoms with Crippen molar-refractivity contribution in [2.45, 2.75) is 26.9 Å². The van der Waals surface area contributed by atoms with Gasteiger partial charge in [0.25, 0.3) is 0 Å². The number of urea groups is 1. The Labute approximate surface area is 156 Å². The van der Waals surface area contributed by atoms with Crippen LogP contribution in [0.3, 0.4) is 0 Å². The number of carbonyl (C=O) groups excluding carboxylic acids is 1. The molecular formula is C18H22N6OS. The van der Waals surface area contributed by atoms with Gasteiger partial charge in [-0.05, 0) is 25.5 Å². The smallest absolute Gasteiger partial charge is 0.322 e. The van der Waals surface area contributed by atoms with Crippen molar-refractivity contribution in [3.63, 3.8) is 0 Å². The Morgan fingerprint density at radius 3 is 2.85 bits per heavy atom. The molecule has 1 aliphatic rings. The van der Waals surface area contributed by atoms with E-state index in [-0.39, 0.29) is 6.03 Å². The summed E-state index contributed by atoms with van der Waals surface area (Å²) < 4.78 is 1.76. The number of amides is 2. The van der Waals surface area contributed by atoms with Gasteiger partial charge in [-0.3, -0.25) is 4.68 Å². The van der Waals surface area contributed by atoms with Gasteiger partial charge in [-0.2, -0.15) is 5.10 Å². The molecule has 0 bridgehead atoms. The summed E-state index contributed by atoms with van der Waals surface area (Å²) in [4.78, 5) is 19.4. The minimum atomic E-state index is -0.231. The van der Waals surface area contributed by atoms with E-state index in [4.69, 9.17) is 5.73 Å². The van der Waals surface area contributed by atoms with Gasteiger partial charge in [0, 0.05) is 25.0 Å². The molecule has 0 aromatic carbocycles. The number of aromatic nitrogens is 3. The van der Waals surface area contributed by atoms with E-state index in [2.05, 4.69) is 22.0 Å². The minimum Gasteiger partial charge on any atom is -0.397 e. The maximum atomic E-state index is 12.4. The molecule has 3 heterocycles. The van der Waals surface area contributed by atoms with E-state index in [1.54, 1.807) is 27.0 Å². The van der Waals surface area contributed by atoms with Crippen molar-refractivity contribution >= 4 is 22.9 Å². The average Bonchev–Trinajstić information content (AvgIpc) is 3.26. The maximum Gasteiger partial charge on any atom is 0.322 e. The zero-order valence-corrected chi connectivity index (χ0v) is 15.9. The van der Waals surface area contributed by atoms with Crippen LogP contribution in [0.2, 0.25) is 0 Å². The molecule has 2 aromatic heterocycles. The highest BCUT2D eigenvalue weighted by Crippen LogP contribution is 2.22. The molecule has 0 aliphatic carbocycles. The summed E-state index contributed by atoms with van der Waals surface area (Å²) in [6.45, 7) is 8.85. The fourth-order valence-corrected chi connectivity index (χ4v) is 3.41. The third-order valence-corrected chi connectivity index (χ3v) is 5.16. The van der Waals surface area contributed by atoms with E-state index in [9.17, 15) is 4.79 Å². The average molecular weight is 370 g/mol. The molecule has 0 atom stereocenters. The number of carbonyl (C=O) groups is 1. The highest BCUT2D eigenvalue weighted by Gasteiger charge is 2.26. The van der Waals surface area contributed by atoms with Crippen LogP contribution < -0.4 is 11.1 Å². The van der Waals surface area contributed by atoms with Crippen LogP contribution in [0.5, 0.6) is 0 Å². The molecule has 0 spiro atoms. The number of aryl methyl sites for hydroxylation is 2. The zero-order chi connectivity index (χ0) is 18.8. The third kappa shape index (κ3) is 3.85. The molecule has 0 saturated heterocycles. The van der Waals surface area contributed by atoms with Crippen LogP contribution in [0.15, 0.2) is 42.5 Å². The van der Waals surface area contributed by atoms with Crippen molar-refractivity contribution in [2.75, 3.05) is 0 Å². The third-order valence-electron chi connectivity index (χ3n) is 4.11. The fourth-order valence-electron chi connectivity index (χ4n) is 2.66. The second-order valence-corrected chi connectivity index (χ2v) is 7.49. The van der Waals surface area contributed by atoms with E-state index in [1.807, 2.05) is 39.4 Å². The standard InChI is InChI=1S/C18H22N6OS/c1-11(17-7-20-13(3)26-17)5-6-15(19)12(2)21-18(25)24-9-14-8-23(4)22-16(14)10-24/h5-8H,2,9-10,19H2,1,3-4H3,(H,21,25)/b11-5+,15-6+. The molecule has 3 rings (SSSR count). The zero-order valence-electron chi connectivity index (χ0n) is 15.1. The second-order valence-electron chi connectivity index (χ2n) is 6.25. The summed E-state index contributed by atoms with van der Waals surface area (Å²) in [6, 6.07) is -0.231. The first kappa shape index (κ1) is 17.9. The van der Waals surface area contributed by atoms with Crippen LogP contribution in [0, 0.1) is 6.92 Å². The lowest BCUT2D eigenvalue weighted by molar-refractivity contribution is 0.200. The molecule has 2 aromatic rings. The first-order valence-corrected chi connectivity index (χ1v) is 8.98. The number of nitrogens with zero attached hydrogens (tertiary/aromatic N) is 4. The van der Waals surface area contributed by atoms with Gasteiger partial charge in [0.1, 0.15) is 0 Å². The number of thiazole rings is 1. The number of hydrogen-bond acceptors (Lipinski definition) is 5. The molecule has 2 amide bonds. The Bertz CT molecular complexity index is 897. The molecule has 8 heteroatoms. The number of rotatable bonds is 4. The Morgan fingerprint density at radius 2 is 2.19 bits per heavy atom. The van der Waals surface area contributed by atoms with E-state index >= 15 is 0 Å². The lowest BCUT2D eigenvalue weighted by Gasteiger charge is -2.17. The molecule has 1 aliphatic heterocycles. The summed E-state index contributed by atoms with van der Waals surface area (Å²) >= 11 is 1.62. The number of fused-ring (bicyclic) bond motifs is 1. The SMILES string of the molecule is C=C(NC(=O)N1Cc2cn(C)nc2C1)/C(N)=C\C=C(/C)c1cnc(C)s1. The van der Waals surface area contributed by atoms with Gasteiger partial charge in [0.2, 0.25) is 0 Å². The first-order valence-electron chi connectivity index (χ1n) is 8.17. The highest BCUT2D eigenvalue weighted by atomic mass is 32.1. The van der Waals surface area contributed by atoms with E-state index in [0.29, 0.717) is 24.5 Å².